The summed E-state index contributed by atoms with van der Waals surface area (Å²) in [5.74, 6) is 5.17. The van der Waals surface area contributed by atoms with Crippen LogP contribution in [0.25, 0.3) is 0 Å². The van der Waals surface area contributed by atoms with Crippen molar-refractivity contribution in [3.05, 3.63) is 0 Å². The van der Waals surface area contributed by atoms with Gasteiger partial charge in [-0.05, 0) is 104 Å². The van der Waals surface area contributed by atoms with Gasteiger partial charge in [0.1, 0.15) is 0 Å². The molecule has 0 radical (unpaired) electrons. The molecular formula is C27H46O2. The third-order valence-electron chi connectivity index (χ3n) is 11.2. The van der Waals surface area contributed by atoms with Gasteiger partial charge in [0.25, 0.3) is 0 Å². The van der Waals surface area contributed by atoms with E-state index in [1.807, 2.05) is 6.92 Å². The van der Waals surface area contributed by atoms with Crippen molar-refractivity contribution in [1.82, 2.24) is 0 Å². The monoisotopic (exact) mass is 402 g/mol. The van der Waals surface area contributed by atoms with E-state index in [-0.39, 0.29) is 5.92 Å². The average molecular weight is 403 g/mol. The Morgan fingerprint density at radius 1 is 0.966 bits per heavy atom. The van der Waals surface area contributed by atoms with E-state index in [0.29, 0.717) is 16.7 Å². The first-order valence-electron chi connectivity index (χ1n) is 12.9. The lowest BCUT2D eigenvalue weighted by molar-refractivity contribution is -0.144. The summed E-state index contributed by atoms with van der Waals surface area (Å²) in [5, 5.41) is 9.42. The molecule has 10 atom stereocenters. The van der Waals surface area contributed by atoms with Gasteiger partial charge in [-0.1, -0.05) is 53.9 Å². The van der Waals surface area contributed by atoms with E-state index in [1.54, 1.807) is 0 Å². The molecule has 2 nitrogen and oxygen atoms in total. The van der Waals surface area contributed by atoms with Crippen LogP contribution in [0.15, 0.2) is 0 Å². The van der Waals surface area contributed by atoms with Gasteiger partial charge in [-0.2, -0.15) is 0 Å². The quantitative estimate of drug-likeness (QED) is 0.519. The van der Waals surface area contributed by atoms with E-state index in [9.17, 15) is 9.90 Å². The predicted molar refractivity (Wildman–Crippen MR) is 120 cm³/mol. The SMILES string of the molecule is CC[C@H]1CC2C3CC[C@H]([C@H](C)C[C@H](C)C(=O)O)[C@@]3(C)CCC2[C@@]2(C)CCCC[C@@H]12. The van der Waals surface area contributed by atoms with E-state index in [4.69, 9.17) is 0 Å². The fraction of sp³-hybridized carbons (Fsp3) is 0.963. The van der Waals surface area contributed by atoms with Gasteiger partial charge in [-0.3, -0.25) is 4.79 Å². The highest BCUT2D eigenvalue weighted by atomic mass is 16.4. The molecule has 166 valence electrons. The topological polar surface area (TPSA) is 37.3 Å². The highest BCUT2D eigenvalue weighted by Gasteiger charge is 2.61. The molecule has 4 aliphatic carbocycles. The Labute approximate surface area is 179 Å². The molecule has 4 aliphatic rings. The van der Waals surface area contributed by atoms with E-state index in [0.717, 1.165) is 41.9 Å². The molecule has 0 amide bonds. The van der Waals surface area contributed by atoms with Gasteiger partial charge in [0.15, 0.2) is 0 Å². The Balaban J connectivity index is 1.57. The van der Waals surface area contributed by atoms with Crippen molar-refractivity contribution in [1.29, 1.82) is 0 Å². The first kappa shape index (κ1) is 21.7. The fourth-order valence-corrected chi connectivity index (χ4v) is 9.82. The second-order valence-corrected chi connectivity index (χ2v) is 12.3. The average Bonchev–Trinajstić information content (AvgIpc) is 3.04. The largest absolute Gasteiger partial charge is 0.481 e. The maximum Gasteiger partial charge on any atom is 0.306 e. The minimum absolute atomic E-state index is 0.204. The maximum atomic E-state index is 11.4. The van der Waals surface area contributed by atoms with Crippen molar-refractivity contribution in [2.24, 2.45) is 58.2 Å². The lowest BCUT2D eigenvalue weighted by Crippen LogP contribution is -2.55. The minimum Gasteiger partial charge on any atom is -0.481 e. The van der Waals surface area contributed by atoms with Crippen molar-refractivity contribution >= 4 is 5.97 Å². The Morgan fingerprint density at radius 2 is 1.69 bits per heavy atom. The maximum absolute atomic E-state index is 11.4. The molecule has 2 heteroatoms. The molecule has 0 bridgehead atoms. The molecule has 3 unspecified atom stereocenters. The second-order valence-electron chi connectivity index (χ2n) is 12.3. The molecule has 4 fully saturated rings. The van der Waals surface area contributed by atoms with Gasteiger partial charge in [0.05, 0.1) is 5.92 Å². The predicted octanol–water partition coefficient (Wildman–Crippen LogP) is 7.42. The van der Waals surface area contributed by atoms with Crippen LogP contribution in [0.1, 0.15) is 105 Å². The van der Waals surface area contributed by atoms with Crippen LogP contribution in [0, 0.1) is 58.2 Å². The Morgan fingerprint density at radius 3 is 2.38 bits per heavy atom. The highest BCUT2D eigenvalue weighted by Crippen LogP contribution is 2.69. The summed E-state index contributed by atoms with van der Waals surface area (Å²) < 4.78 is 0. The van der Waals surface area contributed by atoms with Gasteiger partial charge < -0.3 is 5.11 Å². The number of carboxylic acid groups (broad SMARTS) is 1. The Hall–Kier alpha value is -0.530. The molecule has 4 rings (SSSR count). The van der Waals surface area contributed by atoms with Crippen molar-refractivity contribution in [2.45, 2.75) is 105 Å². The molecule has 1 N–H and O–H groups in total. The number of rotatable bonds is 5. The van der Waals surface area contributed by atoms with Crippen LogP contribution < -0.4 is 0 Å². The summed E-state index contributed by atoms with van der Waals surface area (Å²) >= 11 is 0. The van der Waals surface area contributed by atoms with Crippen LogP contribution in [-0.4, -0.2) is 11.1 Å². The number of fused-ring (bicyclic) bond motifs is 5. The minimum atomic E-state index is -0.616. The number of hydrogen-bond donors (Lipinski definition) is 1. The summed E-state index contributed by atoms with van der Waals surface area (Å²) in [6.07, 6.45) is 15.2. The van der Waals surface area contributed by atoms with Crippen molar-refractivity contribution in [2.75, 3.05) is 0 Å². The summed E-state index contributed by atoms with van der Waals surface area (Å²) in [5.41, 5.74) is 1.06. The lowest BCUT2D eigenvalue weighted by Gasteiger charge is -2.63. The summed E-state index contributed by atoms with van der Waals surface area (Å²) in [7, 11) is 0. The van der Waals surface area contributed by atoms with Crippen molar-refractivity contribution in [3.8, 4) is 0 Å². The smallest absolute Gasteiger partial charge is 0.306 e. The van der Waals surface area contributed by atoms with Gasteiger partial charge in [-0.15, -0.1) is 0 Å². The van der Waals surface area contributed by atoms with Gasteiger partial charge >= 0.3 is 5.97 Å². The zero-order valence-corrected chi connectivity index (χ0v) is 19.8. The molecule has 29 heavy (non-hydrogen) atoms. The molecule has 0 aliphatic heterocycles. The Kier molecular flexibility index (Phi) is 5.88. The van der Waals surface area contributed by atoms with Crippen LogP contribution in [0.5, 0.6) is 0 Å². The van der Waals surface area contributed by atoms with Gasteiger partial charge in [0.2, 0.25) is 0 Å². The third kappa shape index (κ3) is 3.39. The van der Waals surface area contributed by atoms with Crippen LogP contribution in [-0.2, 0) is 4.79 Å². The van der Waals surface area contributed by atoms with Gasteiger partial charge in [0, 0.05) is 0 Å². The molecule has 0 aromatic heterocycles. The zero-order chi connectivity index (χ0) is 21.0. The Bertz CT molecular complexity index is 614. The molecule has 0 heterocycles. The van der Waals surface area contributed by atoms with Crippen molar-refractivity contribution < 1.29 is 9.90 Å². The van der Waals surface area contributed by atoms with Crippen LogP contribution in [0.4, 0.5) is 0 Å². The molecule has 0 aromatic rings. The fourth-order valence-electron chi connectivity index (χ4n) is 9.82. The van der Waals surface area contributed by atoms with E-state index < -0.39 is 5.97 Å². The third-order valence-corrected chi connectivity index (χ3v) is 11.2. The van der Waals surface area contributed by atoms with E-state index >= 15 is 0 Å². The molecule has 4 saturated carbocycles. The van der Waals surface area contributed by atoms with Crippen LogP contribution in [0.2, 0.25) is 0 Å². The first-order valence-corrected chi connectivity index (χ1v) is 12.9. The van der Waals surface area contributed by atoms with Crippen LogP contribution >= 0.6 is 0 Å². The number of aliphatic carboxylic acids is 1. The standard InChI is InChI=1S/C27H46O2/c1-6-19-16-20-23-11-10-21(17(2)15-18(3)25(28)29)27(23,5)14-12-24(20)26(4)13-8-7-9-22(19)26/h17-24H,6-16H2,1-5H3,(H,28,29)/t17-,18+,19+,20?,21-,22+,23?,24?,26+,27-/m1/s1. The van der Waals surface area contributed by atoms with E-state index in [2.05, 4.69) is 27.7 Å². The molecule has 0 spiro atoms. The summed E-state index contributed by atoms with van der Waals surface area (Å²) in [6.45, 7) is 12.0. The second kappa shape index (κ2) is 7.86. The number of carboxylic acids is 1. The summed E-state index contributed by atoms with van der Waals surface area (Å²) in [4.78, 5) is 11.4. The number of carbonyl (C=O) groups is 1. The number of hydrogen-bond acceptors (Lipinski definition) is 1. The molecule has 0 saturated heterocycles. The van der Waals surface area contributed by atoms with Crippen molar-refractivity contribution in [3.63, 3.8) is 0 Å². The zero-order valence-electron chi connectivity index (χ0n) is 19.8. The first-order chi connectivity index (χ1) is 13.7. The summed E-state index contributed by atoms with van der Waals surface area (Å²) in [6, 6.07) is 0. The normalized spacial score (nSPS) is 48.9. The molecule has 0 aromatic carbocycles. The lowest BCUT2D eigenvalue weighted by atomic mass is 9.42. The van der Waals surface area contributed by atoms with Gasteiger partial charge in [-0.25, -0.2) is 0 Å². The highest BCUT2D eigenvalue weighted by molar-refractivity contribution is 5.69. The van der Waals surface area contributed by atoms with E-state index in [1.165, 1.54) is 64.2 Å². The van der Waals surface area contributed by atoms with Crippen LogP contribution in [0.3, 0.4) is 0 Å². The molecular weight excluding hydrogens is 356 g/mol.